The summed E-state index contributed by atoms with van der Waals surface area (Å²) < 4.78 is 0. The number of hydrogen-bond acceptors (Lipinski definition) is 3. The largest absolute Gasteiger partial charge is 0.394 e. The lowest BCUT2D eigenvalue weighted by molar-refractivity contribution is 0.103. The first kappa shape index (κ1) is 17.7. The van der Waals surface area contributed by atoms with E-state index in [0.717, 1.165) is 5.56 Å². The van der Waals surface area contributed by atoms with Crippen LogP contribution in [0.15, 0.2) is 54.6 Å². The van der Waals surface area contributed by atoms with Gasteiger partial charge in [0, 0.05) is 6.54 Å². The van der Waals surface area contributed by atoms with Crippen LogP contribution in [0, 0.1) is 0 Å². The molecule has 0 fully saturated rings. The van der Waals surface area contributed by atoms with Crippen LogP contribution < -0.4 is 5.32 Å². The normalized spacial score (nSPS) is 11.0. The zero-order chi connectivity index (χ0) is 14.4. The Morgan fingerprint density at radius 3 is 1.90 bits per heavy atom. The molecule has 0 atom stereocenters. The zero-order valence-electron chi connectivity index (χ0n) is 12.1. The third-order valence-electron chi connectivity index (χ3n) is 3.48. The van der Waals surface area contributed by atoms with E-state index < -0.39 is 5.54 Å². The molecule has 0 saturated heterocycles. The number of aliphatic hydroxyl groups excluding tert-OH is 2. The van der Waals surface area contributed by atoms with Crippen molar-refractivity contribution in [3.63, 3.8) is 0 Å². The van der Waals surface area contributed by atoms with Crippen LogP contribution in [0.5, 0.6) is 0 Å². The fraction of sp³-hybridized carbons (Fsp3) is 0.294. The molecule has 114 valence electrons. The van der Waals surface area contributed by atoms with Crippen LogP contribution in [0.2, 0.25) is 0 Å². The van der Waals surface area contributed by atoms with Gasteiger partial charge >= 0.3 is 0 Å². The van der Waals surface area contributed by atoms with Gasteiger partial charge < -0.3 is 15.5 Å². The first-order valence-electron chi connectivity index (χ1n) is 6.78. The molecule has 3 nitrogen and oxygen atoms in total. The van der Waals surface area contributed by atoms with E-state index in [2.05, 4.69) is 41.7 Å². The van der Waals surface area contributed by atoms with Gasteiger partial charge in [0.25, 0.3) is 0 Å². The minimum absolute atomic E-state index is 0. The van der Waals surface area contributed by atoms with E-state index in [1.165, 1.54) is 11.1 Å². The maximum atomic E-state index is 9.23. The van der Waals surface area contributed by atoms with E-state index in [1.807, 2.05) is 18.2 Å². The topological polar surface area (TPSA) is 52.5 Å². The Bertz CT molecular complexity index is 524. The monoisotopic (exact) mass is 307 g/mol. The standard InChI is InChI=1S/C17H21NO2.ClH/c1-17(12-19,13-20)18-11-14-7-9-16(10-8-14)15-5-3-2-4-6-15;/h2-10,18-20H,11-13H2,1H3;1H. The molecule has 0 bridgehead atoms. The summed E-state index contributed by atoms with van der Waals surface area (Å²) in [5.41, 5.74) is 2.86. The molecule has 0 saturated carbocycles. The maximum Gasteiger partial charge on any atom is 0.0633 e. The molecule has 0 aliphatic heterocycles. The molecule has 21 heavy (non-hydrogen) atoms. The van der Waals surface area contributed by atoms with Crippen LogP contribution in [0.25, 0.3) is 11.1 Å². The van der Waals surface area contributed by atoms with Gasteiger partial charge in [-0.3, -0.25) is 0 Å². The summed E-state index contributed by atoms with van der Waals surface area (Å²) in [6, 6.07) is 18.5. The van der Waals surface area contributed by atoms with Gasteiger partial charge in [-0.15, -0.1) is 12.4 Å². The Hall–Kier alpha value is -1.39. The highest BCUT2D eigenvalue weighted by atomic mass is 35.5. The van der Waals surface area contributed by atoms with Gasteiger partial charge in [-0.1, -0.05) is 54.6 Å². The second-order valence-corrected chi connectivity index (χ2v) is 5.29. The zero-order valence-corrected chi connectivity index (χ0v) is 12.9. The number of aliphatic hydroxyl groups is 2. The third kappa shape index (κ3) is 4.83. The second-order valence-electron chi connectivity index (χ2n) is 5.29. The molecule has 3 N–H and O–H groups in total. The molecule has 2 aromatic rings. The Kier molecular flexibility index (Phi) is 6.85. The summed E-state index contributed by atoms with van der Waals surface area (Å²) in [5.74, 6) is 0. The van der Waals surface area contributed by atoms with Crippen molar-refractivity contribution in [1.82, 2.24) is 5.32 Å². The molecular weight excluding hydrogens is 286 g/mol. The lowest BCUT2D eigenvalue weighted by Gasteiger charge is -2.26. The van der Waals surface area contributed by atoms with Crippen LogP contribution in [0.1, 0.15) is 12.5 Å². The summed E-state index contributed by atoms with van der Waals surface area (Å²) in [4.78, 5) is 0. The van der Waals surface area contributed by atoms with Crippen molar-refractivity contribution < 1.29 is 10.2 Å². The molecule has 4 heteroatoms. The van der Waals surface area contributed by atoms with Crippen molar-refractivity contribution in [2.24, 2.45) is 0 Å². The molecule has 0 aromatic heterocycles. The van der Waals surface area contributed by atoms with Crippen LogP contribution in [0.3, 0.4) is 0 Å². The summed E-state index contributed by atoms with van der Waals surface area (Å²) in [7, 11) is 0. The Morgan fingerprint density at radius 2 is 1.38 bits per heavy atom. The van der Waals surface area contributed by atoms with E-state index in [0.29, 0.717) is 6.54 Å². The van der Waals surface area contributed by atoms with Crippen molar-refractivity contribution in [2.45, 2.75) is 19.0 Å². The van der Waals surface area contributed by atoms with Crippen molar-refractivity contribution in [2.75, 3.05) is 13.2 Å². The molecule has 0 aliphatic carbocycles. The smallest absolute Gasteiger partial charge is 0.0633 e. The molecule has 0 amide bonds. The predicted octanol–water partition coefficient (Wildman–Crippen LogP) is 2.61. The van der Waals surface area contributed by atoms with Gasteiger partial charge in [0.05, 0.1) is 18.8 Å². The predicted molar refractivity (Wildman–Crippen MR) is 88.5 cm³/mol. The molecular formula is C17H22ClNO2. The van der Waals surface area contributed by atoms with Crippen molar-refractivity contribution in [3.8, 4) is 11.1 Å². The second kappa shape index (κ2) is 8.15. The highest BCUT2D eigenvalue weighted by Gasteiger charge is 2.20. The Morgan fingerprint density at radius 1 is 0.857 bits per heavy atom. The summed E-state index contributed by atoms with van der Waals surface area (Å²) in [6.07, 6.45) is 0. The fourth-order valence-corrected chi connectivity index (χ4v) is 1.92. The summed E-state index contributed by atoms with van der Waals surface area (Å²) >= 11 is 0. The van der Waals surface area contributed by atoms with E-state index in [1.54, 1.807) is 6.92 Å². The number of benzene rings is 2. The quantitative estimate of drug-likeness (QED) is 0.769. The molecule has 2 rings (SSSR count). The molecule has 0 radical (unpaired) electrons. The van der Waals surface area contributed by atoms with Gasteiger partial charge in [0.2, 0.25) is 0 Å². The van der Waals surface area contributed by atoms with E-state index >= 15 is 0 Å². The van der Waals surface area contributed by atoms with Gasteiger partial charge in [0.1, 0.15) is 0 Å². The van der Waals surface area contributed by atoms with Gasteiger partial charge in [0.15, 0.2) is 0 Å². The van der Waals surface area contributed by atoms with Gasteiger partial charge in [-0.25, -0.2) is 0 Å². The minimum atomic E-state index is -0.641. The van der Waals surface area contributed by atoms with Gasteiger partial charge in [-0.2, -0.15) is 0 Å². The van der Waals surface area contributed by atoms with E-state index in [9.17, 15) is 10.2 Å². The fourth-order valence-electron chi connectivity index (χ4n) is 1.92. The number of hydrogen-bond donors (Lipinski definition) is 3. The lowest BCUT2D eigenvalue weighted by Crippen LogP contribution is -2.48. The summed E-state index contributed by atoms with van der Waals surface area (Å²) in [5, 5.41) is 21.6. The van der Waals surface area contributed by atoms with Crippen molar-refractivity contribution in [1.29, 1.82) is 0 Å². The first-order chi connectivity index (χ1) is 9.67. The molecule has 0 unspecified atom stereocenters. The molecule has 0 aliphatic rings. The highest BCUT2D eigenvalue weighted by molar-refractivity contribution is 5.85. The van der Waals surface area contributed by atoms with Crippen LogP contribution in [0.4, 0.5) is 0 Å². The minimum Gasteiger partial charge on any atom is -0.394 e. The SMILES string of the molecule is CC(CO)(CO)NCc1ccc(-c2ccccc2)cc1.Cl. The van der Waals surface area contributed by atoms with Crippen LogP contribution in [-0.4, -0.2) is 29.0 Å². The van der Waals surface area contributed by atoms with E-state index in [4.69, 9.17) is 0 Å². The average molecular weight is 308 g/mol. The molecule has 0 heterocycles. The van der Waals surface area contributed by atoms with Gasteiger partial charge in [-0.05, 0) is 23.6 Å². The van der Waals surface area contributed by atoms with Crippen molar-refractivity contribution >= 4 is 12.4 Å². The lowest BCUT2D eigenvalue weighted by atomic mass is 10.0. The molecule has 2 aromatic carbocycles. The number of halogens is 1. The summed E-state index contributed by atoms with van der Waals surface area (Å²) in [6.45, 7) is 2.23. The third-order valence-corrected chi connectivity index (χ3v) is 3.48. The van der Waals surface area contributed by atoms with Crippen molar-refractivity contribution in [3.05, 3.63) is 60.2 Å². The average Bonchev–Trinajstić information content (AvgIpc) is 2.54. The maximum absolute atomic E-state index is 9.23. The number of rotatable bonds is 6. The van der Waals surface area contributed by atoms with Crippen LogP contribution in [-0.2, 0) is 6.54 Å². The highest BCUT2D eigenvalue weighted by Crippen LogP contribution is 2.19. The number of nitrogens with one attached hydrogen (secondary N) is 1. The Balaban J connectivity index is 0.00000220. The molecule has 0 spiro atoms. The first-order valence-corrected chi connectivity index (χ1v) is 6.78. The van der Waals surface area contributed by atoms with E-state index in [-0.39, 0.29) is 25.6 Å². The van der Waals surface area contributed by atoms with Crippen LogP contribution >= 0.6 is 12.4 Å². The Labute approximate surface area is 132 Å².